The molecule has 7 heteroatoms. The van der Waals surface area contributed by atoms with Crippen molar-refractivity contribution in [2.24, 2.45) is 5.73 Å². The molecule has 3 atom stereocenters. The highest BCUT2D eigenvalue weighted by Crippen LogP contribution is 1.88. The van der Waals surface area contributed by atoms with Gasteiger partial charge in [-0.1, -0.05) is 0 Å². The van der Waals surface area contributed by atoms with Crippen molar-refractivity contribution < 1.29 is 22.3 Å². The zero-order valence-corrected chi connectivity index (χ0v) is 9.35. The van der Waals surface area contributed by atoms with Gasteiger partial charge in [-0.2, -0.15) is 0 Å². The number of rotatable bonds is 6. The molecule has 0 aromatic rings. The topological polar surface area (TPSA) is 122 Å². The minimum absolute atomic E-state index is 0.413. The molecular formula is C9H17N3O4. The van der Waals surface area contributed by atoms with Crippen molar-refractivity contribution in [1.29, 1.82) is 0 Å². The lowest BCUT2D eigenvalue weighted by Gasteiger charge is -2.17. The average molecular weight is 233 g/mol. The maximum atomic E-state index is 11.6. The summed E-state index contributed by atoms with van der Waals surface area (Å²) in [6.45, 7) is 3.95. The van der Waals surface area contributed by atoms with Gasteiger partial charge < -0.3 is 21.5 Å². The van der Waals surface area contributed by atoms with E-state index >= 15 is 0 Å². The number of carboxylic acids is 1. The highest BCUT2D eigenvalue weighted by Gasteiger charge is 2.21. The first-order valence-electron chi connectivity index (χ1n) is 5.69. The molecule has 0 aliphatic rings. The van der Waals surface area contributed by atoms with Crippen molar-refractivity contribution >= 4 is 17.8 Å². The van der Waals surface area contributed by atoms with Crippen LogP contribution in [0, 0.1) is 0 Å². The molecule has 0 rings (SSSR count). The molecule has 0 radical (unpaired) electrons. The molecule has 0 unspecified atom stereocenters. The van der Waals surface area contributed by atoms with Gasteiger partial charge in [0.15, 0.2) is 1.41 Å². The maximum absolute atomic E-state index is 11.6. The lowest BCUT2D eigenvalue weighted by molar-refractivity contribution is -0.141. The lowest BCUT2D eigenvalue weighted by atomic mass is 10.2. The summed E-state index contributed by atoms with van der Waals surface area (Å²) in [5, 5.41) is 11.2. The van der Waals surface area contributed by atoms with Crippen molar-refractivity contribution in [3.63, 3.8) is 0 Å². The van der Waals surface area contributed by atoms with E-state index in [1.165, 1.54) is 20.8 Å². The average Bonchev–Trinajstić information content (AvgIpc) is 2.34. The first-order valence-corrected chi connectivity index (χ1v) is 4.74. The van der Waals surface area contributed by atoms with E-state index in [0.29, 0.717) is 5.31 Å². The summed E-state index contributed by atoms with van der Waals surface area (Å²) in [7, 11) is 0. The van der Waals surface area contributed by atoms with Gasteiger partial charge >= 0.3 is 5.97 Å². The second-order valence-corrected chi connectivity index (χ2v) is 3.43. The van der Waals surface area contributed by atoms with Crippen LogP contribution >= 0.6 is 0 Å². The first-order chi connectivity index (χ1) is 8.22. The molecule has 0 aliphatic heterocycles. The van der Waals surface area contributed by atoms with Crippen LogP contribution < -0.4 is 16.4 Å². The Morgan fingerprint density at radius 1 is 1.25 bits per heavy atom. The Hall–Kier alpha value is -1.63. The third-order valence-electron chi connectivity index (χ3n) is 1.80. The number of carbonyl (C=O) groups is 3. The van der Waals surface area contributed by atoms with E-state index in [-0.39, 0.29) is 0 Å². The second-order valence-electron chi connectivity index (χ2n) is 3.43. The number of carboxylic acid groups (broad SMARTS) is 1. The van der Waals surface area contributed by atoms with Gasteiger partial charge in [0.2, 0.25) is 11.8 Å². The van der Waals surface area contributed by atoms with Gasteiger partial charge in [0, 0.05) is 0 Å². The number of nitrogens with one attached hydrogen (secondary N) is 2. The van der Waals surface area contributed by atoms with Crippen molar-refractivity contribution in [1.82, 2.24) is 10.6 Å². The Labute approximate surface area is 96.3 Å². The lowest BCUT2D eigenvalue weighted by Crippen LogP contribution is -2.52. The Bertz CT molecular complexity index is 340. The molecule has 0 bridgehead atoms. The number of carbonyl (C=O) groups excluding carboxylic acids is 2. The highest BCUT2D eigenvalue weighted by atomic mass is 16.4. The fourth-order valence-electron chi connectivity index (χ4n) is 0.757. The van der Waals surface area contributed by atoms with Crippen LogP contribution in [0.1, 0.15) is 20.8 Å². The SMILES string of the molecule is [2H]N[C@H](C)C(=O)N([2H])[C@@H](C)C(=O)N[C@@H](C)C(=O)O. The fraction of sp³-hybridized carbons (Fsp3) is 0.667. The van der Waals surface area contributed by atoms with Crippen molar-refractivity contribution in [3.8, 4) is 0 Å². The Balaban J connectivity index is 4.55. The van der Waals surface area contributed by atoms with E-state index in [9.17, 15) is 14.4 Å². The first kappa shape index (κ1) is 10.9. The molecule has 2 amide bonds. The molecule has 0 saturated heterocycles. The monoisotopic (exact) mass is 233 g/mol. The van der Waals surface area contributed by atoms with Gasteiger partial charge in [0.25, 0.3) is 0 Å². The standard InChI is InChI=1S/C9H17N3O4/c1-4(10)7(13)11-5(2)8(14)12-6(3)9(15)16/h4-6H,10H2,1-3H3,(H,11,13)(H,12,14)(H,15,16)/t4-,5+,6+/m1/s1/i/hD2. The predicted molar refractivity (Wildman–Crippen MR) is 56.5 cm³/mol. The van der Waals surface area contributed by atoms with Gasteiger partial charge in [-0.25, -0.2) is 0 Å². The van der Waals surface area contributed by atoms with Gasteiger partial charge in [0.1, 0.15) is 13.5 Å². The Morgan fingerprint density at radius 2 is 1.81 bits per heavy atom. The van der Waals surface area contributed by atoms with Gasteiger partial charge in [-0.15, -0.1) is 0 Å². The van der Waals surface area contributed by atoms with Gasteiger partial charge in [-0.05, 0) is 20.8 Å². The van der Waals surface area contributed by atoms with Crippen LogP contribution in [0.25, 0.3) is 0 Å². The zero-order chi connectivity index (χ0) is 14.5. The quantitative estimate of drug-likeness (QED) is 0.441. The third kappa shape index (κ3) is 4.74. The summed E-state index contributed by atoms with van der Waals surface area (Å²) in [4.78, 5) is 33.6. The van der Waals surface area contributed by atoms with Crippen molar-refractivity contribution in [2.45, 2.75) is 38.9 Å². The molecule has 0 saturated carbocycles. The molecular weight excluding hydrogens is 214 g/mol. The fourth-order valence-corrected chi connectivity index (χ4v) is 0.757. The highest BCUT2D eigenvalue weighted by molar-refractivity contribution is 5.91. The van der Waals surface area contributed by atoms with Crippen LogP contribution in [-0.2, 0) is 14.4 Å². The molecule has 5 N–H and O–H groups in total. The molecule has 0 aromatic heterocycles. The van der Waals surface area contributed by atoms with Crippen molar-refractivity contribution in [2.75, 3.05) is 0 Å². The van der Waals surface area contributed by atoms with E-state index < -0.39 is 35.9 Å². The Kier molecular flexibility index (Phi) is 4.12. The van der Waals surface area contributed by atoms with E-state index in [0.717, 1.165) is 0 Å². The van der Waals surface area contributed by atoms with Crippen LogP contribution in [0.4, 0.5) is 0 Å². The van der Waals surface area contributed by atoms with E-state index in [1.54, 1.807) is 0 Å². The number of hydrogen-bond donors (Lipinski definition) is 4. The summed E-state index contributed by atoms with van der Waals surface area (Å²) in [5.41, 5.74) is 1.91. The maximum Gasteiger partial charge on any atom is 0.325 e. The summed E-state index contributed by atoms with van der Waals surface area (Å²) in [6, 6.07) is -3.17. The molecule has 0 heterocycles. The molecule has 0 aliphatic carbocycles. The normalized spacial score (nSPS) is 17.4. The van der Waals surface area contributed by atoms with Crippen LogP contribution in [0.2, 0.25) is 2.82 Å². The zero-order valence-electron chi connectivity index (χ0n) is 11.4. The molecule has 0 aromatic carbocycles. The van der Waals surface area contributed by atoms with Crippen LogP contribution in [0.5, 0.6) is 0 Å². The van der Waals surface area contributed by atoms with E-state index in [4.69, 9.17) is 7.93 Å². The molecule has 0 fully saturated rings. The summed E-state index contributed by atoms with van der Waals surface area (Å²) < 4.78 is 14.2. The molecule has 7 nitrogen and oxygen atoms in total. The van der Waals surface area contributed by atoms with Crippen LogP contribution in [0.15, 0.2) is 0 Å². The number of aliphatic carboxylic acids is 1. The summed E-state index contributed by atoms with van der Waals surface area (Å²) in [6.07, 6.45) is 0. The van der Waals surface area contributed by atoms with E-state index in [1.807, 2.05) is 5.73 Å². The summed E-state index contributed by atoms with van der Waals surface area (Å²) in [5.74, 6) is -2.71. The van der Waals surface area contributed by atoms with Crippen LogP contribution in [0.3, 0.4) is 0 Å². The van der Waals surface area contributed by atoms with Crippen LogP contribution in [-0.4, -0.2) is 41.0 Å². The van der Waals surface area contributed by atoms with Crippen molar-refractivity contribution in [3.05, 3.63) is 0 Å². The predicted octanol–water partition coefficient (Wildman–Crippen LogP) is -1.57. The van der Waals surface area contributed by atoms with Gasteiger partial charge in [-0.3, -0.25) is 14.4 Å². The number of amides is 2. The summed E-state index contributed by atoms with van der Waals surface area (Å²) >= 11 is 0. The minimum Gasteiger partial charge on any atom is -0.480 e. The number of nitrogens with two attached hydrogens (primary N) is 1. The minimum atomic E-state index is -1.21. The molecule has 92 valence electrons. The largest absolute Gasteiger partial charge is 0.480 e. The Morgan fingerprint density at radius 3 is 2.25 bits per heavy atom. The third-order valence-corrected chi connectivity index (χ3v) is 1.80. The second kappa shape index (κ2) is 6.06. The number of hydrogen-bond acceptors (Lipinski definition) is 4. The molecule has 0 spiro atoms. The van der Waals surface area contributed by atoms with E-state index in [2.05, 4.69) is 5.32 Å². The molecule has 16 heavy (non-hydrogen) atoms. The van der Waals surface area contributed by atoms with Gasteiger partial charge in [0.05, 0.1) is 6.04 Å². The smallest absolute Gasteiger partial charge is 0.325 e.